The summed E-state index contributed by atoms with van der Waals surface area (Å²) in [6.07, 6.45) is 3.90. The van der Waals surface area contributed by atoms with Crippen LogP contribution in [0.1, 0.15) is 25.7 Å². The lowest BCUT2D eigenvalue weighted by atomic mass is 9.96. The van der Waals surface area contributed by atoms with Crippen molar-refractivity contribution in [3.05, 3.63) is 0 Å². The molecule has 3 atom stereocenters. The van der Waals surface area contributed by atoms with Crippen molar-refractivity contribution in [3.8, 4) is 0 Å². The molecule has 0 aromatic carbocycles. The van der Waals surface area contributed by atoms with Crippen molar-refractivity contribution in [3.63, 3.8) is 0 Å². The Kier molecular flexibility index (Phi) is 2.78. The van der Waals surface area contributed by atoms with E-state index in [0.29, 0.717) is 0 Å². The topological polar surface area (TPSA) is 63.3 Å². The van der Waals surface area contributed by atoms with Crippen LogP contribution in [-0.2, 0) is 4.57 Å². The summed E-state index contributed by atoms with van der Waals surface area (Å²) in [5, 5.41) is 0. The van der Waals surface area contributed by atoms with Gasteiger partial charge in [-0.25, -0.2) is 0 Å². The Hall–Kier alpha value is 0.0200. The van der Waals surface area contributed by atoms with Crippen LogP contribution in [0.2, 0.25) is 0 Å². The third kappa shape index (κ3) is 1.75. The van der Waals surface area contributed by atoms with E-state index < -0.39 is 8.03 Å². The Labute approximate surface area is 61.5 Å². The third-order valence-electron chi connectivity index (χ3n) is 2.07. The highest BCUT2D eigenvalue weighted by atomic mass is 31.1. The summed E-state index contributed by atoms with van der Waals surface area (Å²) in [7, 11) is -2.03. The van der Waals surface area contributed by atoms with Gasteiger partial charge in [-0.3, -0.25) is 0 Å². The molecule has 3 N–H and O–H groups in total. The Morgan fingerprint density at radius 1 is 1.40 bits per heavy atom. The van der Waals surface area contributed by atoms with Gasteiger partial charge in [-0.2, -0.15) is 4.89 Å². The van der Waals surface area contributed by atoms with Gasteiger partial charge in [0.25, 0.3) is 0 Å². The summed E-state index contributed by atoms with van der Waals surface area (Å²) in [6, 6.07) is -0.0395. The van der Waals surface area contributed by atoms with E-state index in [-0.39, 0.29) is 11.7 Å². The maximum Gasteiger partial charge on any atom is 0.510 e. The van der Waals surface area contributed by atoms with Crippen LogP contribution in [0.3, 0.4) is 0 Å². The molecule has 0 bridgehead atoms. The molecule has 0 spiro atoms. The standard InChI is InChI=1S/C6H12NO2P/c7-5-3-1-2-4-6(5)10(8)9/h5-6H,1-4,7H2/p+1. The lowest BCUT2D eigenvalue weighted by Gasteiger charge is -2.18. The predicted molar refractivity (Wildman–Crippen MR) is 40.1 cm³/mol. The first-order chi connectivity index (χ1) is 4.72. The van der Waals surface area contributed by atoms with Gasteiger partial charge in [0.1, 0.15) is 0 Å². The molecule has 0 amide bonds. The van der Waals surface area contributed by atoms with E-state index >= 15 is 0 Å². The van der Waals surface area contributed by atoms with E-state index in [1.165, 1.54) is 0 Å². The first-order valence-electron chi connectivity index (χ1n) is 3.62. The lowest BCUT2D eigenvalue weighted by Crippen LogP contribution is -2.35. The molecule has 3 unspecified atom stereocenters. The Morgan fingerprint density at radius 2 is 2.00 bits per heavy atom. The molecule has 0 heterocycles. The average molecular weight is 162 g/mol. The largest absolute Gasteiger partial charge is 0.510 e. The Balaban J connectivity index is 2.47. The van der Waals surface area contributed by atoms with Crippen molar-refractivity contribution < 1.29 is 9.46 Å². The highest BCUT2D eigenvalue weighted by Gasteiger charge is 2.36. The van der Waals surface area contributed by atoms with Crippen LogP contribution in [0.5, 0.6) is 0 Å². The van der Waals surface area contributed by atoms with Gasteiger partial charge in [0.2, 0.25) is 5.66 Å². The zero-order valence-corrected chi connectivity index (χ0v) is 6.76. The average Bonchev–Trinajstić information content (AvgIpc) is 1.88. The van der Waals surface area contributed by atoms with Gasteiger partial charge >= 0.3 is 8.03 Å². The van der Waals surface area contributed by atoms with Gasteiger partial charge in [-0.1, -0.05) is 6.42 Å². The molecular weight excluding hydrogens is 149 g/mol. The fraction of sp³-hybridized carbons (Fsp3) is 1.00. The van der Waals surface area contributed by atoms with E-state index in [2.05, 4.69) is 0 Å². The molecule has 1 fully saturated rings. The predicted octanol–water partition coefficient (Wildman–Crippen LogP) is 0.991. The van der Waals surface area contributed by atoms with Crippen LogP contribution < -0.4 is 5.73 Å². The number of hydrogen-bond donors (Lipinski definition) is 2. The van der Waals surface area contributed by atoms with Crippen molar-refractivity contribution in [2.45, 2.75) is 37.4 Å². The molecule has 1 aliphatic carbocycles. The SMILES string of the molecule is NC1CCCCC1[P+](=O)O. The van der Waals surface area contributed by atoms with Crippen LogP contribution in [0.15, 0.2) is 0 Å². The molecule has 1 aliphatic rings. The second kappa shape index (κ2) is 3.42. The zero-order chi connectivity index (χ0) is 7.56. The molecule has 4 heteroatoms. The van der Waals surface area contributed by atoms with Crippen molar-refractivity contribution in [2.24, 2.45) is 5.73 Å². The molecule has 0 saturated heterocycles. The number of hydrogen-bond acceptors (Lipinski definition) is 2. The quantitative estimate of drug-likeness (QED) is 0.565. The summed E-state index contributed by atoms with van der Waals surface area (Å²) in [6.45, 7) is 0. The summed E-state index contributed by atoms with van der Waals surface area (Å²) in [4.78, 5) is 8.78. The molecule has 0 aromatic rings. The van der Waals surface area contributed by atoms with E-state index in [4.69, 9.17) is 10.6 Å². The third-order valence-corrected chi connectivity index (χ3v) is 3.27. The molecule has 10 heavy (non-hydrogen) atoms. The molecule has 0 radical (unpaired) electrons. The Bertz CT molecular complexity index is 140. The second-order valence-electron chi connectivity index (χ2n) is 2.82. The van der Waals surface area contributed by atoms with E-state index in [1.807, 2.05) is 0 Å². The van der Waals surface area contributed by atoms with Gasteiger partial charge in [-0.15, -0.1) is 0 Å². The van der Waals surface area contributed by atoms with Crippen LogP contribution in [0.4, 0.5) is 0 Å². The molecular formula is C6H13NO2P+. The first-order valence-corrected chi connectivity index (χ1v) is 4.91. The minimum absolute atomic E-state index is 0.0395. The first kappa shape index (κ1) is 8.12. The minimum Gasteiger partial charge on any atom is -0.324 e. The highest BCUT2D eigenvalue weighted by Crippen LogP contribution is 2.34. The van der Waals surface area contributed by atoms with Crippen LogP contribution in [0.25, 0.3) is 0 Å². The summed E-state index contributed by atoms with van der Waals surface area (Å²) >= 11 is 0. The van der Waals surface area contributed by atoms with Crippen LogP contribution in [0, 0.1) is 0 Å². The zero-order valence-electron chi connectivity index (χ0n) is 5.86. The normalized spacial score (nSPS) is 35.6. The van der Waals surface area contributed by atoms with E-state index in [0.717, 1.165) is 25.7 Å². The van der Waals surface area contributed by atoms with E-state index in [9.17, 15) is 4.57 Å². The van der Waals surface area contributed by atoms with Crippen molar-refractivity contribution in [2.75, 3.05) is 0 Å². The summed E-state index contributed by atoms with van der Waals surface area (Å²) in [5.41, 5.74) is 5.50. The fourth-order valence-electron chi connectivity index (χ4n) is 1.41. The molecule has 1 saturated carbocycles. The second-order valence-corrected chi connectivity index (χ2v) is 4.09. The van der Waals surface area contributed by atoms with Gasteiger partial charge in [0, 0.05) is 0 Å². The highest BCUT2D eigenvalue weighted by molar-refractivity contribution is 7.39. The number of rotatable bonds is 1. The van der Waals surface area contributed by atoms with Crippen molar-refractivity contribution in [1.29, 1.82) is 0 Å². The minimum atomic E-state index is -2.03. The maximum absolute atomic E-state index is 10.6. The van der Waals surface area contributed by atoms with Crippen molar-refractivity contribution in [1.82, 2.24) is 0 Å². The van der Waals surface area contributed by atoms with Gasteiger partial charge in [0.15, 0.2) is 0 Å². The van der Waals surface area contributed by atoms with Gasteiger partial charge in [-0.05, 0) is 23.8 Å². The number of nitrogens with two attached hydrogens (primary N) is 1. The van der Waals surface area contributed by atoms with Gasteiger partial charge < -0.3 is 5.73 Å². The monoisotopic (exact) mass is 162 g/mol. The van der Waals surface area contributed by atoms with Gasteiger partial charge in [0.05, 0.1) is 6.04 Å². The van der Waals surface area contributed by atoms with Crippen LogP contribution in [-0.4, -0.2) is 16.6 Å². The smallest absolute Gasteiger partial charge is 0.324 e. The fourth-order valence-corrected chi connectivity index (χ4v) is 2.29. The van der Waals surface area contributed by atoms with E-state index in [1.54, 1.807) is 0 Å². The summed E-state index contributed by atoms with van der Waals surface area (Å²) in [5.74, 6) is 0. The Morgan fingerprint density at radius 3 is 2.40 bits per heavy atom. The lowest BCUT2D eigenvalue weighted by molar-refractivity contribution is 0.407. The molecule has 0 aliphatic heterocycles. The molecule has 0 aromatic heterocycles. The summed E-state index contributed by atoms with van der Waals surface area (Å²) < 4.78 is 10.6. The molecule has 3 nitrogen and oxygen atoms in total. The molecule has 1 rings (SSSR count). The maximum atomic E-state index is 10.6. The van der Waals surface area contributed by atoms with Crippen molar-refractivity contribution >= 4 is 8.03 Å². The molecule has 58 valence electrons. The van der Waals surface area contributed by atoms with Crippen LogP contribution >= 0.6 is 8.03 Å².